The van der Waals surface area contributed by atoms with Crippen LogP contribution in [0.25, 0.3) is 28.0 Å². The van der Waals surface area contributed by atoms with Crippen LogP contribution < -0.4 is 14.9 Å². The standard InChI is InChI=1S/C20H16O6/c1-10(21)24-11-4-5-14-13(8-11)19(23)17-16(25-14)9-15-12(18(17)22)6-7-20(2,3)26-15/h4-9,22H,1-3H3. The van der Waals surface area contributed by atoms with E-state index in [2.05, 4.69) is 0 Å². The summed E-state index contributed by atoms with van der Waals surface area (Å²) < 4.78 is 16.7. The minimum atomic E-state index is -0.525. The monoisotopic (exact) mass is 352 g/mol. The van der Waals surface area contributed by atoms with Gasteiger partial charge in [0, 0.05) is 13.0 Å². The Kier molecular flexibility index (Phi) is 3.34. The Bertz CT molecular complexity index is 1170. The molecule has 4 rings (SSSR count). The summed E-state index contributed by atoms with van der Waals surface area (Å²) in [5, 5.41) is 10.9. The molecule has 0 unspecified atom stereocenters. The van der Waals surface area contributed by atoms with E-state index in [9.17, 15) is 14.7 Å². The Morgan fingerprint density at radius 3 is 2.69 bits per heavy atom. The van der Waals surface area contributed by atoms with E-state index in [-0.39, 0.29) is 27.9 Å². The van der Waals surface area contributed by atoms with Crippen molar-refractivity contribution in [1.82, 2.24) is 0 Å². The first-order valence-corrected chi connectivity index (χ1v) is 8.08. The summed E-state index contributed by atoms with van der Waals surface area (Å²) in [4.78, 5) is 24.1. The number of hydrogen-bond acceptors (Lipinski definition) is 6. The van der Waals surface area contributed by atoms with Gasteiger partial charge >= 0.3 is 5.97 Å². The molecule has 0 atom stereocenters. The average Bonchev–Trinajstić information content (AvgIpc) is 2.54. The predicted octanol–water partition coefficient (Wildman–Crippen LogP) is 3.76. The number of phenolic OH excluding ortho intramolecular Hbond substituents is 1. The lowest BCUT2D eigenvalue weighted by molar-refractivity contribution is -0.131. The largest absolute Gasteiger partial charge is 0.506 e. The van der Waals surface area contributed by atoms with Crippen LogP contribution >= 0.6 is 0 Å². The molecule has 1 aliphatic rings. The van der Waals surface area contributed by atoms with Gasteiger partial charge in [-0.25, -0.2) is 0 Å². The first-order valence-electron chi connectivity index (χ1n) is 8.08. The van der Waals surface area contributed by atoms with E-state index in [1.165, 1.54) is 13.0 Å². The summed E-state index contributed by atoms with van der Waals surface area (Å²) in [5.41, 5.74) is 0.0465. The molecule has 6 nitrogen and oxygen atoms in total. The summed E-state index contributed by atoms with van der Waals surface area (Å²) in [6.45, 7) is 5.06. The van der Waals surface area contributed by atoms with Gasteiger partial charge in [0.2, 0.25) is 5.43 Å². The highest BCUT2D eigenvalue weighted by atomic mass is 16.5. The minimum Gasteiger partial charge on any atom is -0.506 e. The smallest absolute Gasteiger partial charge is 0.308 e. The summed E-state index contributed by atoms with van der Waals surface area (Å²) >= 11 is 0. The van der Waals surface area contributed by atoms with Crippen LogP contribution in [-0.4, -0.2) is 16.7 Å². The molecule has 3 aromatic rings. The van der Waals surface area contributed by atoms with Crippen molar-refractivity contribution in [2.24, 2.45) is 0 Å². The van der Waals surface area contributed by atoms with Crippen molar-refractivity contribution in [1.29, 1.82) is 0 Å². The fraction of sp³-hybridized carbons (Fsp3) is 0.200. The Morgan fingerprint density at radius 2 is 1.96 bits per heavy atom. The normalized spacial score (nSPS) is 14.9. The molecule has 1 N–H and O–H groups in total. The van der Waals surface area contributed by atoms with Crippen LogP contribution in [0.2, 0.25) is 0 Å². The molecule has 1 aromatic heterocycles. The van der Waals surface area contributed by atoms with E-state index in [1.807, 2.05) is 19.9 Å². The van der Waals surface area contributed by atoms with Crippen LogP contribution in [0.3, 0.4) is 0 Å². The molecule has 0 bridgehead atoms. The van der Waals surface area contributed by atoms with E-state index in [0.717, 1.165) is 0 Å². The van der Waals surface area contributed by atoms with Crippen molar-refractivity contribution in [3.8, 4) is 17.2 Å². The van der Waals surface area contributed by atoms with Crippen LogP contribution in [0.5, 0.6) is 17.2 Å². The van der Waals surface area contributed by atoms with Gasteiger partial charge in [-0.05, 0) is 44.2 Å². The van der Waals surface area contributed by atoms with E-state index in [0.29, 0.717) is 16.9 Å². The molecule has 0 saturated carbocycles. The summed E-state index contributed by atoms with van der Waals surface area (Å²) in [5.74, 6) is -0.00487. The van der Waals surface area contributed by atoms with Crippen LogP contribution in [-0.2, 0) is 4.79 Å². The van der Waals surface area contributed by atoms with Gasteiger partial charge < -0.3 is 19.0 Å². The molecule has 132 valence electrons. The zero-order chi connectivity index (χ0) is 18.6. The van der Waals surface area contributed by atoms with Gasteiger partial charge in [0.05, 0.1) is 10.9 Å². The molecule has 1 aliphatic heterocycles. The van der Waals surface area contributed by atoms with Crippen LogP contribution in [0.4, 0.5) is 0 Å². The SMILES string of the molecule is CC(=O)Oc1ccc2oc3cc4c(c(O)c3c(=O)c2c1)C=CC(C)(C)O4. The van der Waals surface area contributed by atoms with Gasteiger partial charge in [-0.15, -0.1) is 0 Å². The molecule has 0 amide bonds. The van der Waals surface area contributed by atoms with Crippen molar-refractivity contribution < 1.29 is 23.8 Å². The lowest BCUT2D eigenvalue weighted by Gasteiger charge is -2.28. The molecule has 2 heterocycles. The molecule has 26 heavy (non-hydrogen) atoms. The lowest BCUT2D eigenvalue weighted by atomic mass is 9.99. The number of rotatable bonds is 1. The van der Waals surface area contributed by atoms with E-state index in [4.69, 9.17) is 13.9 Å². The fourth-order valence-electron chi connectivity index (χ4n) is 3.04. The number of ether oxygens (including phenoxy) is 2. The highest BCUT2D eigenvalue weighted by molar-refractivity contribution is 5.97. The maximum atomic E-state index is 12.9. The zero-order valence-electron chi connectivity index (χ0n) is 14.5. The quantitative estimate of drug-likeness (QED) is 0.408. The third kappa shape index (κ3) is 2.50. The van der Waals surface area contributed by atoms with E-state index >= 15 is 0 Å². The molecule has 2 aromatic carbocycles. The van der Waals surface area contributed by atoms with Gasteiger partial charge in [0.15, 0.2) is 0 Å². The van der Waals surface area contributed by atoms with E-state index < -0.39 is 17.0 Å². The van der Waals surface area contributed by atoms with Crippen LogP contribution in [0, 0.1) is 0 Å². The zero-order valence-corrected chi connectivity index (χ0v) is 14.5. The lowest BCUT2D eigenvalue weighted by Crippen LogP contribution is -2.27. The molecular weight excluding hydrogens is 336 g/mol. The number of hydrogen-bond donors (Lipinski definition) is 1. The topological polar surface area (TPSA) is 86.0 Å². The summed E-state index contributed by atoms with van der Waals surface area (Å²) in [7, 11) is 0. The minimum absolute atomic E-state index is 0.0594. The predicted molar refractivity (Wildman–Crippen MR) is 96.7 cm³/mol. The molecule has 0 aliphatic carbocycles. The Hall–Kier alpha value is -3.28. The second kappa shape index (κ2) is 5.36. The number of aromatic hydroxyl groups is 1. The van der Waals surface area contributed by atoms with Gasteiger partial charge in [-0.3, -0.25) is 9.59 Å². The third-order valence-electron chi connectivity index (χ3n) is 4.19. The van der Waals surface area contributed by atoms with Crippen molar-refractivity contribution in [3.05, 3.63) is 46.1 Å². The molecule has 0 saturated heterocycles. The molecule has 0 radical (unpaired) electrons. The molecular formula is C20H16O6. The Balaban J connectivity index is 2.02. The van der Waals surface area contributed by atoms with E-state index in [1.54, 1.807) is 24.3 Å². The second-order valence-corrected chi connectivity index (χ2v) is 6.73. The van der Waals surface area contributed by atoms with Crippen molar-refractivity contribution in [2.45, 2.75) is 26.4 Å². The summed E-state index contributed by atoms with van der Waals surface area (Å²) in [6, 6.07) is 6.13. The first-order chi connectivity index (χ1) is 12.2. The van der Waals surface area contributed by atoms with Crippen LogP contribution in [0.15, 0.2) is 39.6 Å². The Labute approximate surface area is 148 Å². The highest BCUT2D eigenvalue weighted by Crippen LogP contribution is 2.41. The fourth-order valence-corrected chi connectivity index (χ4v) is 3.04. The molecule has 6 heteroatoms. The molecule has 0 fully saturated rings. The summed E-state index contributed by atoms with van der Waals surface area (Å²) in [6.07, 6.45) is 3.54. The number of benzene rings is 2. The maximum absolute atomic E-state index is 12.9. The average molecular weight is 352 g/mol. The third-order valence-corrected chi connectivity index (χ3v) is 4.19. The Morgan fingerprint density at radius 1 is 1.19 bits per heavy atom. The highest BCUT2D eigenvalue weighted by Gasteiger charge is 2.26. The number of phenols is 1. The second-order valence-electron chi connectivity index (χ2n) is 6.73. The van der Waals surface area contributed by atoms with Gasteiger partial charge in [0.1, 0.15) is 39.4 Å². The number of esters is 1. The number of carbonyl (C=O) groups excluding carboxylic acids is 1. The van der Waals surface area contributed by atoms with Gasteiger partial charge in [0.25, 0.3) is 0 Å². The number of fused-ring (bicyclic) bond motifs is 3. The first kappa shape index (κ1) is 16.2. The van der Waals surface area contributed by atoms with Gasteiger partial charge in [-0.1, -0.05) is 0 Å². The van der Waals surface area contributed by atoms with Crippen LogP contribution in [0.1, 0.15) is 26.3 Å². The van der Waals surface area contributed by atoms with Crippen molar-refractivity contribution >= 4 is 34.0 Å². The van der Waals surface area contributed by atoms with Crippen molar-refractivity contribution in [2.75, 3.05) is 0 Å². The van der Waals surface area contributed by atoms with Gasteiger partial charge in [-0.2, -0.15) is 0 Å². The maximum Gasteiger partial charge on any atom is 0.308 e. The van der Waals surface area contributed by atoms with Crippen molar-refractivity contribution in [3.63, 3.8) is 0 Å². The number of carbonyl (C=O) groups is 1. The molecule has 0 spiro atoms.